The molecule has 0 aliphatic carbocycles. The molecule has 0 spiro atoms. The molecule has 1 aliphatic rings. The van der Waals surface area contributed by atoms with E-state index < -0.39 is 0 Å². The molecular weight excluding hydrogens is 162 g/mol. The number of hydrogen-bond donors (Lipinski definition) is 1. The Morgan fingerprint density at radius 1 is 1.46 bits per heavy atom. The summed E-state index contributed by atoms with van der Waals surface area (Å²) in [6, 6.07) is 8.29. The van der Waals surface area contributed by atoms with E-state index in [2.05, 4.69) is 17.4 Å². The van der Waals surface area contributed by atoms with Gasteiger partial charge in [0.1, 0.15) is 5.75 Å². The molecule has 2 heteroatoms. The van der Waals surface area contributed by atoms with Gasteiger partial charge in [0.25, 0.3) is 0 Å². The number of nitrogens with one attached hydrogen (secondary N) is 1. The first-order chi connectivity index (χ1) is 6.40. The van der Waals surface area contributed by atoms with Gasteiger partial charge in [-0.15, -0.1) is 0 Å². The molecule has 13 heavy (non-hydrogen) atoms. The van der Waals surface area contributed by atoms with Crippen LogP contribution in [0.3, 0.4) is 0 Å². The predicted molar refractivity (Wildman–Crippen MR) is 53.1 cm³/mol. The van der Waals surface area contributed by atoms with Crippen LogP contribution in [0.2, 0.25) is 0 Å². The van der Waals surface area contributed by atoms with E-state index in [1.54, 1.807) is 0 Å². The lowest BCUT2D eigenvalue weighted by Crippen LogP contribution is -2.29. The van der Waals surface area contributed by atoms with Crippen molar-refractivity contribution in [2.75, 3.05) is 20.2 Å². The average Bonchev–Trinajstić information content (AvgIpc) is 2.18. The summed E-state index contributed by atoms with van der Waals surface area (Å²) in [5.41, 5.74) is 1.34. The van der Waals surface area contributed by atoms with Gasteiger partial charge >= 0.3 is 0 Å². The van der Waals surface area contributed by atoms with E-state index in [0.717, 1.165) is 25.3 Å². The molecule has 0 saturated carbocycles. The molecule has 0 bridgehead atoms. The van der Waals surface area contributed by atoms with E-state index in [4.69, 9.17) is 4.74 Å². The van der Waals surface area contributed by atoms with Crippen molar-refractivity contribution in [1.82, 2.24) is 5.32 Å². The first-order valence-electron chi connectivity index (χ1n) is 4.75. The van der Waals surface area contributed by atoms with Crippen LogP contribution in [-0.2, 0) is 6.42 Å². The van der Waals surface area contributed by atoms with Crippen LogP contribution in [0.4, 0.5) is 0 Å². The Morgan fingerprint density at radius 3 is 3.15 bits per heavy atom. The van der Waals surface area contributed by atoms with E-state index in [1.807, 2.05) is 19.2 Å². The molecule has 1 unspecified atom stereocenters. The second kappa shape index (κ2) is 3.79. The standard InChI is InChI=1S/C11H15NO/c1-12-7-9-6-10-4-2-3-5-11(10)13-8-9/h2-5,9,12H,6-8H2,1H3. The Bertz CT molecular complexity index is 285. The summed E-state index contributed by atoms with van der Waals surface area (Å²) >= 11 is 0. The summed E-state index contributed by atoms with van der Waals surface area (Å²) in [6.07, 6.45) is 1.14. The minimum Gasteiger partial charge on any atom is -0.493 e. The number of rotatable bonds is 2. The zero-order chi connectivity index (χ0) is 9.10. The van der Waals surface area contributed by atoms with Crippen molar-refractivity contribution < 1.29 is 4.74 Å². The first kappa shape index (κ1) is 8.57. The summed E-state index contributed by atoms with van der Waals surface area (Å²) < 4.78 is 5.65. The lowest BCUT2D eigenvalue weighted by Gasteiger charge is -2.24. The number of ether oxygens (including phenoxy) is 1. The normalized spacial score (nSPS) is 20.5. The zero-order valence-corrected chi connectivity index (χ0v) is 7.92. The SMILES string of the molecule is CNCC1COc2ccccc2C1. The summed E-state index contributed by atoms with van der Waals surface area (Å²) in [6.45, 7) is 1.88. The van der Waals surface area contributed by atoms with Crippen molar-refractivity contribution in [2.45, 2.75) is 6.42 Å². The Kier molecular flexibility index (Phi) is 2.50. The summed E-state index contributed by atoms with van der Waals surface area (Å²) in [5.74, 6) is 1.69. The molecular formula is C11H15NO. The van der Waals surface area contributed by atoms with Crippen molar-refractivity contribution >= 4 is 0 Å². The third-order valence-corrected chi connectivity index (χ3v) is 2.45. The topological polar surface area (TPSA) is 21.3 Å². The lowest BCUT2D eigenvalue weighted by molar-refractivity contribution is 0.220. The molecule has 1 N–H and O–H groups in total. The molecule has 2 nitrogen and oxygen atoms in total. The maximum Gasteiger partial charge on any atom is 0.122 e. The molecule has 0 radical (unpaired) electrons. The van der Waals surface area contributed by atoms with Gasteiger partial charge in [0.05, 0.1) is 6.61 Å². The van der Waals surface area contributed by atoms with E-state index in [1.165, 1.54) is 5.56 Å². The Labute approximate surface area is 78.9 Å². The highest BCUT2D eigenvalue weighted by Crippen LogP contribution is 2.26. The Hall–Kier alpha value is -1.02. The Morgan fingerprint density at radius 2 is 2.31 bits per heavy atom. The molecule has 0 aromatic heterocycles. The van der Waals surface area contributed by atoms with Crippen molar-refractivity contribution in [1.29, 1.82) is 0 Å². The highest BCUT2D eigenvalue weighted by Gasteiger charge is 2.18. The summed E-state index contributed by atoms with van der Waals surface area (Å²) in [4.78, 5) is 0. The molecule has 2 rings (SSSR count). The van der Waals surface area contributed by atoms with Gasteiger partial charge in [-0.1, -0.05) is 18.2 Å². The fourth-order valence-corrected chi connectivity index (χ4v) is 1.81. The van der Waals surface area contributed by atoms with Crippen molar-refractivity contribution in [3.05, 3.63) is 29.8 Å². The maximum absolute atomic E-state index is 5.65. The molecule has 0 amide bonds. The second-order valence-corrected chi connectivity index (χ2v) is 3.55. The van der Waals surface area contributed by atoms with Gasteiger partial charge < -0.3 is 10.1 Å². The highest BCUT2D eigenvalue weighted by atomic mass is 16.5. The third kappa shape index (κ3) is 1.83. The fourth-order valence-electron chi connectivity index (χ4n) is 1.81. The molecule has 0 saturated heterocycles. The van der Waals surface area contributed by atoms with Crippen molar-refractivity contribution in [3.8, 4) is 5.75 Å². The monoisotopic (exact) mass is 177 g/mol. The quantitative estimate of drug-likeness (QED) is 0.738. The van der Waals surface area contributed by atoms with Gasteiger partial charge in [-0.2, -0.15) is 0 Å². The highest BCUT2D eigenvalue weighted by molar-refractivity contribution is 5.35. The number of fused-ring (bicyclic) bond motifs is 1. The predicted octanol–water partition coefficient (Wildman–Crippen LogP) is 1.46. The molecule has 1 atom stereocenters. The smallest absolute Gasteiger partial charge is 0.122 e. The van der Waals surface area contributed by atoms with Gasteiger partial charge in [-0.05, 0) is 25.1 Å². The molecule has 0 fully saturated rings. The molecule has 70 valence electrons. The molecule has 1 heterocycles. The minimum absolute atomic E-state index is 0.625. The van der Waals surface area contributed by atoms with E-state index in [9.17, 15) is 0 Å². The fraction of sp³-hybridized carbons (Fsp3) is 0.455. The van der Waals surface area contributed by atoms with Crippen LogP contribution in [0, 0.1) is 5.92 Å². The van der Waals surface area contributed by atoms with Crippen LogP contribution in [0.5, 0.6) is 5.75 Å². The number of hydrogen-bond acceptors (Lipinski definition) is 2. The van der Waals surface area contributed by atoms with Gasteiger partial charge in [0, 0.05) is 12.5 Å². The van der Waals surface area contributed by atoms with Gasteiger partial charge in [-0.25, -0.2) is 0 Å². The van der Waals surface area contributed by atoms with Crippen LogP contribution < -0.4 is 10.1 Å². The summed E-state index contributed by atoms with van der Waals surface area (Å²) in [7, 11) is 1.99. The van der Waals surface area contributed by atoms with Crippen LogP contribution in [0.25, 0.3) is 0 Å². The van der Waals surface area contributed by atoms with E-state index >= 15 is 0 Å². The lowest BCUT2D eigenvalue weighted by atomic mass is 9.97. The molecule has 1 aromatic carbocycles. The van der Waals surface area contributed by atoms with Gasteiger partial charge in [-0.3, -0.25) is 0 Å². The largest absolute Gasteiger partial charge is 0.493 e. The summed E-state index contributed by atoms with van der Waals surface area (Å²) in [5, 5.41) is 3.19. The zero-order valence-electron chi connectivity index (χ0n) is 7.92. The van der Waals surface area contributed by atoms with Gasteiger partial charge in [0.15, 0.2) is 0 Å². The van der Waals surface area contributed by atoms with Crippen LogP contribution >= 0.6 is 0 Å². The van der Waals surface area contributed by atoms with Crippen molar-refractivity contribution in [3.63, 3.8) is 0 Å². The van der Waals surface area contributed by atoms with E-state index in [-0.39, 0.29) is 0 Å². The number of para-hydroxylation sites is 1. The van der Waals surface area contributed by atoms with E-state index in [0.29, 0.717) is 5.92 Å². The second-order valence-electron chi connectivity index (χ2n) is 3.55. The average molecular weight is 177 g/mol. The molecule has 1 aromatic rings. The first-order valence-corrected chi connectivity index (χ1v) is 4.75. The number of benzene rings is 1. The van der Waals surface area contributed by atoms with Crippen molar-refractivity contribution in [2.24, 2.45) is 5.92 Å². The third-order valence-electron chi connectivity index (χ3n) is 2.45. The van der Waals surface area contributed by atoms with Crippen LogP contribution in [0.1, 0.15) is 5.56 Å². The van der Waals surface area contributed by atoms with Gasteiger partial charge in [0.2, 0.25) is 0 Å². The molecule has 1 aliphatic heterocycles. The van der Waals surface area contributed by atoms with Crippen LogP contribution in [-0.4, -0.2) is 20.2 Å². The Balaban J connectivity index is 2.11. The van der Waals surface area contributed by atoms with Crippen LogP contribution in [0.15, 0.2) is 24.3 Å². The maximum atomic E-state index is 5.65. The minimum atomic E-state index is 0.625.